The molecule has 0 bridgehead atoms. The van der Waals surface area contributed by atoms with E-state index in [1.807, 2.05) is 0 Å². The first-order chi connectivity index (χ1) is 7.17. The van der Waals surface area contributed by atoms with Gasteiger partial charge in [-0.05, 0) is 26.2 Å². The van der Waals surface area contributed by atoms with Gasteiger partial charge in [0.25, 0.3) is 5.91 Å². The maximum atomic E-state index is 11.8. The number of aliphatic hydroxyl groups excluding tert-OH is 1. The molecule has 0 spiro atoms. The summed E-state index contributed by atoms with van der Waals surface area (Å²) < 4.78 is 0. The zero-order valence-corrected chi connectivity index (χ0v) is 8.71. The van der Waals surface area contributed by atoms with Crippen molar-refractivity contribution in [1.82, 2.24) is 15.5 Å². The van der Waals surface area contributed by atoms with Crippen LogP contribution in [0.5, 0.6) is 0 Å². The fourth-order valence-corrected chi connectivity index (χ4v) is 1.81. The number of H-pyrrole nitrogens is 1. The number of aromatic amines is 1. The Morgan fingerprint density at radius 3 is 2.87 bits per heavy atom. The van der Waals surface area contributed by atoms with Crippen molar-refractivity contribution in [1.29, 1.82) is 0 Å². The third-order valence-corrected chi connectivity index (χ3v) is 3.07. The van der Waals surface area contributed by atoms with Gasteiger partial charge in [-0.25, -0.2) is 0 Å². The second kappa shape index (κ2) is 3.66. The minimum absolute atomic E-state index is 0.00956. The third-order valence-electron chi connectivity index (χ3n) is 3.07. The molecule has 1 aliphatic rings. The average Bonchev–Trinajstić information content (AvgIpc) is 2.58. The number of aliphatic hydroxyl groups is 1. The lowest BCUT2D eigenvalue weighted by atomic mass is 9.77. The van der Waals surface area contributed by atoms with Crippen LogP contribution in [0.25, 0.3) is 0 Å². The summed E-state index contributed by atoms with van der Waals surface area (Å²) in [6.45, 7) is 1.81. The lowest BCUT2D eigenvalue weighted by Gasteiger charge is -2.40. The molecular formula is C10H15N3O2. The summed E-state index contributed by atoms with van der Waals surface area (Å²) in [5.74, 6) is -0.157. The predicted octanol–water partition coefficient (Wildman–Crippen LogP) is 0.363. The van der Waals surface area contributed by atoms with E-state index >= 15 is 0 Å². The Bertz CT molecular complexity index is 363. The van der Waals surface area contributed by atoms with Gasteiger partial charge >= 0.3 is 0 Å². The number of rotatable bonds is 3. The van der Waals surface area contributed by atoms with Crippen molar-refractivity contribution in [3.63, 3.8) is 0 Å². The number of hydrogen-bond donors (Lipinski definition) is 3. The van der Waals surface area contributed by atoms with Crippen molar-refractivity contribution in [3.05, 3.63) is 17.5 Å². The first-order valence-electron chi connectivity index (χ1n) is 5.10. The highest BCUT2D eigenvalue weighted by molar-refractivity contribution is 5.95. The fraction of sp³-hybridized carbons (Fsp3) is 0.600. The molecule has 1 fully saturated rings. The summed E-state index contributed by atoms with van der Waals surface area (Å²) >= 11 is 0. The maximum Gasteiger partial charge on any atom is 0.255 e. The van der Waals surface area contributed by atoms with Crippen LogP contribution < -0.4 is 5.32 Å². The van der Waals surface area contributed by atoms with E-state index in [1.165, 1.54) is 6.20 Å². The summed E-state index contributed by atoms with van der Waals surface area (Å²) in [4.78, 5) is 11.8. The number of carbonyl (C=O) groups is 1. The number of amides is 1. The summed E-state index contributed by atoms with van der Waals surface area (Å²) in [5, 5.41) is 18.6. The highest BCUT2D eigenvalue weighted by Crippen LogP contribution is 2.31. The Labute approximate surface area is 87.9 Å². The number of nitrogens with zero attached hydrogens (tertiary/aromatic N) is 1. The highest BCUT2D eigenvalue weighted by atomic mass is 16.3. The molecule has 1 saturated carbocycles. The highest BCUT2D eigenvalue weighted by Gasteiger charge is 2.38. The molecule has 0 unspecified atom stereocenters. The number of aryl methyl sites for hydroxylation is 1. The zero-order valence-electron chi connectivity index (χ0n) is 8.71. The molecule has 3 N–H and O–H groups in total. The first-order valence-corrected chi connectivity index (χ1v) is 5.10. The first kappa shape index (κ1) is 10.2. The summed E-state index contributed by atoms with van der Waals surface area (Å²) in [5.41, 5.74) is 0.912. The van der Waals surface area contributed by atoms with E-state index in [4.69, 9.17) is 0 Å². The van der Waals surface area contributed by atoms with Gasteiger partial charge in [-0.15, -0.1) is 0 Å². The van der Waals surface area contributed by atoms with Crippen molar-refractivity contribution in [2.24, 2.45) is 0 Å². The SMILES string of the molecule is Cc1[nH]ncc1C(=O)NC1(CO)CCC1. The minimum atomic E-state index is -0.388. The van der Waals surface area contributed by atoms with E-state index in [0.29, 0.717) is 5.56 Å². The van der Waals surface area contributed by atoms with E-state index in [1.54, 1.807) is 6.92 Å². The Morgan fingerprint density at radius 1 is 1.73 bits per heavy atom. The predicted molar refractivity (Wildman–Crippen MR) is 54.5 cm³/mol. The molecule has 0 aliphatic heterocycles. The molecule has 2 rings (SSSR count). The second-order valence-electron chi connectivity index (χ2n) is 4.15. The summed E-state index contributed by atoms with van der Waals surface area (Å²) in [6.07, 6.45) is 4.28. The lowest BCUT2D eigenvalue weighted by Crippen LogP contribution is -2.56. The van der Waals surface area contributed by atoms with Crippen molar-refractivity contribution in [3.8, 4) is 0 Å². The van der Waals surface area contributed by atoms with Crippen molar-refractivity contribution < 1.29 is 9.90 Å². The van der Waals surface area contributed by atoms with Gasteiger partial charge in [0, 0.05) is 5.69 Å². The van der Waals surface area contributed by atoms with Gasteiger partial charge in [-0.1, -0.05) is 0 Å². The van der Waals surface area contributed by atoms with Gasteiger partial charge < -0.3 is 10.4 Å². The van der Waals surface area contributed by atoms with E-state index < -0.39 is 0 Å². The normalized spacial score (nSPS) is 18.3. The van der Waals surface area contributed by atoms with Crippen LogP contribution in [-0.2, 0) is 0 Å². The van der Waals surface area contributed by atoms with Crippen LogP contribution in [0.15, 0.2) is 6.20 Å². The monoisotopic (exact) mass is 209 g/mol. The van der Waals surface area contributed by atoms with E-state index in [-0.39, 0.29) is 18.1 Å². The van der Waals surface area contributed by atoms with Crippen LogP contribution in [-0.4, -0.2) is 33.4 Å². The Kier molecular flexibility index (Phi) is 2.48. The van der Waals surface area contributed by atoms with Gasteiger partial charge in [0.2, 0.25) is 0 Å². The molecule has 0 aromatic carbocycles. The number of carbonyl (C=O) groups excluding carboxylic acids is 1. The van der Waals surface area contributed by atoms with E-state index in [2.05, 4.69) is 15.5 Å². The van der Waals surface area contributed by atoms with Gasteiger partial charge in [0.1, 0.15) is 0 Å². The molecule has 1 heterocycles. The molecule has 0 radical (unpaired) electrons. The van der Waals surface area contributed by atoms with Crippen LogP contribution in [0.1, 0.15) is 35.3 Å². The topological polar surface area (TPSA) is 78.0 Å². The molecular weight excluding hydrogens is 194 g/mol. The molecule has 0 saturated heterocycles. The molecule has 1 aromatic heterocycles. The average molecular weight is 209 g/mol. The second-order valence-corrected chi connectivity index (χ2v) is 4.15. The lowest BCUT2D eigenvalue weighted by molar-refractivity contribution is 0.0641. The van der Waals surface area contributed by atoms with Gasteiger partial charge in [-0.3, -0.25) is 9.89 Å². The zero-order chi connectivity index (χ0) is 10.9. The largest absolute Gasteiger partial charge is 0.394 e. The molecule has 0 atom stereocenters. The molecule has 82 valence electrons. The van der Waals surface area contributed by atoms with Crippen LogP contribution in [0.2, 0.25) is 0 Å². The van der Waals surface area contributed by atoms with E-state index in [9.17, 15) is 9.90 Å². The molecule has 5 heteroatoms. The summed E-state index contributed by atoms with van der Waals surface area (Å²) in [7, 11) is 0. The summed E-state index contributed by atoms with van der Waals surface area (Å²) in [6, 6.07) is 0. The molecule has 1 amide bonds. The van der Waals surface area contributed by atoms with Crippen molar-refractivity contribution in [2.45, 2.75) is 31.7 Å². The van der Waals surface area contributed by atoms with Gasteiger partial charge in [0.15, 0.2) is 0 Å². The smallest absolute Gasteiger partial charge is 0.255 e. The number of aromatic nitrogens is 2. The van der Waals surface area contributed by atoms with Crippen molar-refractivity contribution >= 4 is 5.91 Å². The minimum Gasteiger partial charge on any atom is -0.394 e. The van der Waals surface area contributed by atoms with Gasteiger partial charge in [-0.2, -0.15) is 5.10 Å². The van der Waals surface area contributed by atoms with Crippen LogP contribution in [0.3, 0.4) is 0 Å². The maximum absolute atomic E-state index is 11.8. The van der Waals surface area contributed by atoms with E-state index in [0.717, 1.165) is 25.0 Å². The Hall–Kier alpha value is -1.36. The molecule has 5 nitrogen and oxygen atoms in total. The quantitative estimate of drug-likeness (QED) is 0.672. The number of hydrogen-bond acceptors (Lipinski definition) is 3. The van der Waals surface area contributed by atoms with Crippen LogP contribution >= 0.6 is 0 Å². The molecule has 1 aliphatic carbocycles. The Morgan fingerprint density at radius 2 is 2.47 bits per heavy atom. The standard InChI is InChI=1S/C10H15N3O2/c1-7-8(5-11-13-7)9(15)12-10(6-14)3-2-4-10/h5,14H,2-4,6H2,1H3,(H,11,13)(H,12,15). The molecule has 15 heavy (non-hydrogen) atoms. The number of nitrogens with one attached hydrogen (secondary N) is 2. The fourth-order valence-electron chi connectivity index (χ4n) is 1.81. The third kappa shape index (κ3) is 1.74. The van der Waals surface area contributed by atoms with Crippen molar-refractivity contribution in [2.75, 3.05) is 6.61 Å². The van der Waals surface area contributed by atoms with Crippen LogP contribution in [0, 0.1) is 6.92 Å². The Balaban J connectivity index is 2.07. The molecule has 1 aromatic rings. The van der Waals surface area contributed by atoms with Gasteiger partial charge in [0.05, 0.1) is 23.9 Å². The van der Waals surface area contributed by atoms with Crippen LogP contribution in [0.4, 0.5) is 0 Å².